The Morgan fingerprint density at radius 2 is 1.96 bits per heavy atom. The van der Waals surface area contributed by atoms with Gasteiger partial charge in [-0.15, -0.1) is 0 Å². The third-order valence-corrected chi connectivity index (χ3v) is 7.46. The van der Waals surface area contributed by atoms with Crippen LogP contribution in [-0.2, 0) is 19.6 Å². The highest BCUT2D eigenvalue weighted by molar-refractivity contribution is 7.89. The molecule has 1 saturated carbocycles. The molecule has 0 aromatic heterocycles. The molecule has 1 aromatic rings. The Morgan fingerprint density at radius 3 is 2.50 bits per heavy atom. The summed E-state index contributed by atoms with van der Waals surface area (Å²) < 4.78 is 31.3. The summed E-state index contributed by atoms with van der Waals surface area (Å²) in [6, 6.07) is 6.49. The largest absolute Gasteiger partial charge is 0.466 e. The third-order valence-electron chi connectivity index (χ3n) is 5.89. The second-order valence-electron chi connectivity index (χ2n) is 7.98. The highest BCUT2D eigenvalue weighted by Crippen LogP contribution is 2.57. The van der Waals surface area contributed by atoms with Crippen LogP contribution in [0.15, 0.2) is 58.2 Å². The van der Waals surface area contributed by atoms with E-state index in [0.717, 1.165) is 34.2 Å². The summed E-state index contributed by atoms with van der Waals surface area (Å²) in [6.45, 7) is 6.42. The van der Waals surface area contributed by atoms with E-state index in [-0.39, 0.29) is 4.90 Å². The Kier molecular flexibility index (Phi) is 5.48. The molecule has 2 unspecified atom stereocenters. The Hall–Kier alpha value is -2.41. The summed E-state index contributed by atoms with van der Waals surface area (Å²) in [5, 5.41) is 4.18. The summed E-state index contributed by atoms with van der Waals surface area (Å²) in [5.41, 5.74) is 2.28. The molecule has 0 saturated heterocycles. The number of hydrogen-bond donors (Lipinski definition) is 0. The molecular weight excluding hydrogens is 376 g/mol. The van der Waals surface area contributed by atoms with Crippen LogP contribution in [-0.4, -0.2) is 32.1 Å². The van der Waals surface area contributed by atoms with Gasteiger partial charge in [0, 0.05) is 12.3 Å². The van der Waals surface area contributed by atoms with Crippen molar-refractivity contribution in [2.45, 2.75) is 38.5 Å². The van der Waals surface area contributed by atoms with Gasteiger partial charge in [-0.1, -0.05) is 37.6 Å². The maximum atomic E-state index is 13.0. The van der Waals surface area contributed by atoms with E-state index < -0.39 is 16.0 Å². The topological polar surface area (TPSA) is 76.0 Å². The molecule has 1 aromatic carbocycles. The van der Waals surface area contributed by atoms with Gasteiger partial charge in [0.05, 0.1) is 18.2 Å². The number of fused-ring (bicyclic) bond motifs is 1. The van der Waals surface area contributed by atoms with Crippen molar-refractivity contribution in [3.05, 3.63) is 53.8 Å². The summed E-state index contributed by atoms with van der Waals surface area (Å²) in [6.07, 6.45) is 7.99. The van der Waals surface area contributed by atoms with Gasteiger partial charge in [0.1, 0.15) is 0 Å². The van der Waals surface area contributed by atoms with Crippen LogP contribution >= 0.6 is 0 Å². The molecule has 28 heavy (non-hydrogen) atoms. The van der Waals surface area contributed by atoms with Crippen LogP contribution in [0.25, 0.3) is 0 Å². The molecule has 0 heterocycles. The van der Waals surface area contributed by atoms with Gasteiger partial charge >= 0.3 is 5.97 Å². The quantitative estimate of drug-likeness (QED) is 0.315. The van der Waals surface area contributed by atoms with Crippen molar-refractivity contribution in [1.29, 1.82) is 0 Å². The van der Waals surface area contributed by atoms with Crippen LogP contribution in [0.4, 0.5) is 0 Å². The molecule has 4 rings (SSSR count). The first-order chi connectivity index (χ1) is 13.1. The van der Waals surface area contributed by atoms with Crippen molar-refractivity contribution in [2.24, 2.45) is 22.4 Å². The van der Waals surface area contributed by atoms with Crippen LogP contribution in [0.2, 0.25) is 0 Å². The number of ether oxygens (including phenoxy) is 1. The molecule has 2 bridgehead atoms. The van der Waals surface area contributed by atoms with E-state index in [4.69, 9.17) is 0 Å². The van der Waals surface area contributed by atoms with Gasteiger partial charge in [-0.2, -0.15) is 17.9 Å². The number of esters is 1. The van der Waals surface area contributed by atoms with E-state index >= 15 is 0 Å². The summed E-state index contributed by atoms with van der Waals surface area (Å²) >= 11 is 0. The smallest absolute Gasteiger partial charge is 0.332 e. The zero-order chi connectivity index (χ0) is 20.5. The zero-order valence-corrected chi connectivity index (χ0v) is 17.4. The fraction of sp³-hybridized carbons (Fsp3) is 0.429. The highest BCUT2D eigenvalue weighted by Gasteiger charge is 2.49. The third kappa shape index (κ3) is 3.90. The van der Waals surface area contributed by atoms with Crippen molar-refractivity contribution < 1.29 is 17.9 Å². The number of hydrogen-bond acceptors (Lipinski definition) is 5. The average molecular weight is 403 g/mol. The van der Waals surface area contributed by atoms with E-state index in [1.807, 2.05) is 6.92 Å². The van der Waals surface area contributed by atoms with E-state index in [2.05, 4.69) is 29.8 Å². The van der Waals surface area contributed by atoms with Crippen molar-refractivity contribution in [1.82, 2.24) is 4.41 Å². The average Bonchev–Trinajstić information content (AvgIpc) is 2.67. The standard InChI is InChI=1S/C21H26N2O4S/c1-15-5-7-19(8-6-15)28(25,26)23(10-9-20(24)27-4)22-14-16-11-17-13-18(12-16)21(17,2)3/h5-11,14,17-18H,12-13H2,1-4H3/b10-9+,22-14+. The molecule has 0 spiro atoms. The molecule has 0 aliphatic heterocycles. The number of carbonyl (C=O) groups excluding carboxylic acids is 1. The molecule has 6 nitrogen and oxygen atoms in total. The highest BCUT2D eigenvalue weighted by atomic mass is 32.2. The minimum atomic E-state index is -3.93. The van der Waals surface area contributed by atoms with Crippen LogP contribution < -0.4 is 0 Å². The fourth-order valence-electron chi connectivity index (χ4n) is 3.71. The van der Waals surface area contributed by atoms with Crippen molar-refractivity contribution in [3.63, 3.8) is 0 Å². The number of nitrogens with zero attached hydrogens (tertiary/aromatic N) is 2. The van der Waals surface area contributed by atoms with Gasteiger partial charge in [0.2, 0.25) is 0 Å². The van der Waals surface area contributed by atoms with Crippen LogP contribution in [0.3, 0.4) is 0 Å². The molecule has 2 atom stereocenters. The van der Waals surface area contributed by atoms with Crippen LogP contribution in [0.1, 0.15) is 32.3 Å². The minimum Gasteiger partial charge on any atom is -0.466 e. The Labute approximate surface area is 166 Å². The Balaban J connectivity index is 1.88. The van der Waals surface area contributed by atoms with E-state index in [1.165, 1.54) is 25.7 Å². The normalized spacial score (nSPS) is 23.4. The Morgan fingerprint density at radius 1 is 1.29 bits per heavy atom. The monoisotopic (exact) mass is 402 g/mol. The van der Waals surface area contributed by atoms with E-state index in [1.54, 1.807) is 18.3 Å². The van der Waals surface area contributed by atoms with Crippen LogP contribution in [0.5, 0.6) is 0 Å². The number of aryl methyl sites for hydroxylation is 1. The molecule has 0 radical (unpaired) electrons. The number of benzene rings is 1. The van der Waals surface area contributed by atoms with Crippen LogP contribution in [0, 0.1) is 24.2 Å². The van der Waals surface area contributed by atoms with E-state index in [9.17, 15) is 13.2 Å². The predicted octanol–water partition coefficient (Wildman–Crippen LogP) is 3.65. The van der Waals surface area contributed by atoms with Crippen molar-refractivity contribution in [2.75, 3.05) is 7.11 Å². The second-order valence-corrected chi connectivity index (χ2v) is 9.78. The number of methoxy groups -OCH3 is 1. The maximum Gasteiger partial charge on any atom is 0.332 e. The molecule has 1 fully saturated rings. The number of carbonyl (C=O) groups is 1. The van der Waals surface area contributed by atoms with Gasteiger partial charge in [-0.05, 0) is 54.7 Å². The number of allylic oxidation sites excluding steroid dienone is 2. The summed E-state index contributed by atoms with van der Waals surface area (Å²) in [7, 11) is -2.70. The van der Waals surface area contributed by atoms with Crippen molar-refractivity contribution in [3.8, 4) is 0 Å². The fourth-order valence-corrected chi connectivity index (χ4v) is 4.80. The van der Waals surface area contributed by atoms with E-state index in [0.29, 0.717) is 17.3 Å². The number of rotatable bonds is 6. The first kappa shape index (κ1) is 20.3. The second kappa shape index (κ2) is 7.54. The summed E-state index contributed by atoms with van der Waals surface area (Å²) in [4.78, 5) is 11.6. The minimum absolute atomic E-state index is 0.103. The molecular formula is C21H26N2O4S. The maximum absolute atomic E-state index is 13.0. The molecule has 150 valence electrons. The summed E-state index contributed by atoms with van der Waals surface area (Å²) in [5.74, 6) is 0.441. The van der Waals surface area contributed by atoms with Gasteiger partial charge in [0.25, 0.3) is 10.0 Å². The van der Waals surface area contributed by atoms with Gasteiger partial charge < -0.3 is 4.74 Å². The SMILES string of the molecule is COC(=O)/C=C/N(/N=C/C1=CC2CC(C1)C2(C)C)S(=O)(=O)c1ccc(C)cc1. The first-order valence-electron chi connectivity index (χ1n) is 9.26. The molecule has 7 heteroatoms. The molecule has 3 aliphatic rings. The van der Waals surface area contributed by atoms with Gasteiger partial charge in [-0.3, -0.25) is 0 Å². The lowest BCUT2D eigenvalue weighted by molar-refractivity contribution is -0.134. The predicted molar refractivity (Wildman–Crippen MR) is 108 cm³/mol. The van der Waals surface area contributed by atoms with Gasteiger partial charge in [0.15, 0.2) is 0 Å². The first-order valence-corrected chi connectivity index (χ1v) is 10.7. The Bertz CT molecular complexity index is 943. The van der Waals surface area contributed by atoms with Crippen molar-refractivity contribution >= 4 is 22.2 Å². The molecule has 0 N–H and O–H groups in total. The molecule has 0 amide bonds. The molecule has 3 aliphatic carbocycles. The number of sulfonamides is 1. The number of hydrazone groups is 1. The lowest BCUT2D eigenvalue weighted by Crippen LogP contribution is -2.46. The lowest BCUT2D eigenvalue weighted by atomic mass is 9.50. The zero-order valence-electron chi connectivity index (χ0n) is 16.6. The van der Waals surface area contributed by atoms with Gasteiger partial charge in [-0.25, -0.2) is 4.79 Å². The lowest BCUT2D eigenvalue weighted by Gasteiger charge is -2.54.